The third-order valence-electron chi connectivity index (χ3n) is 1.71. The molecule has 0 saturated heterocycles. The lowest BCUT2D eigenvalue weighted by Crippen LogP contribution is -1.92. The van der Waals surface area contributed by atoms with E-state index < -0.39 is 4.92 Å². The zero-order chi connectivity index (χ0) is 11.5. The molecule has 0 radical (unpaired) electrons. The normalized spacial score (nSPS) is 10.1. The number of ether oxygens (including phenoxy) is 1. The van der Waals surface area contributed by atoms with Gasteiger partial charge in [0.05, 0.1) is 4.92 Å². The summed E-state index contributed by atoms with van der Waals surface area (Å²) in [6.07, 6.45) is 0. The van der Waals surface area contributed by atoms with Crippen molar-refractivity contribution in [2.24, 2.45) is 0 Å². The van der Waals surface area contributed by atoms with Crippen LogP contribution in [-0.2, 0) is 0 Å². The molecule has 7 heteroatoms. The van der Waals surface area contributed by atoms with Crippen LogP contribution in [0.5, 0.6) is 10.9 Å². The van der Waals surface area contributed by atoms with Gasteiger partial charge in [0.25, 0.3) is 5.19 Å². The molecule has 2 rings (SSSR count). The fraction of sp³-hybridized carbons (Fsp3) is 0. The average Bonchev–Trinajstić information content (AvgIpc) is 2.64. The van der Waals surface area contributed by atoms with Crippen molar-refractivity contribution in [3.8, 4) is 10.9 Å². The lowest BCUT2D eigenvalue weighted by molar-refractivity contribution is -0.385. The number of hydrogen-bond donors (Lipinski definition) is 0. The largest absolute Gasteiger partial charge is 0.423 e. The molecule has 0 aliphatic carbocycles. The van der Waals surface area contributed by atoms with Crippen molar-refractivity contribution in [3.63, 3.8) is 0 Å². The SMILES string of the molecule is O=[N+]([O-])c1ccccc1Oc1nc(Br)cs1. The Kier molecular flexibility index (Phi) is 3.16. The highest BCUT2D eigenvalue weighted by Crippen LogP contribution is 2.33. The first-order valence-corrected chi connectivity index (χ1v) is 5.86. The van der Waals surface area contributed by atoms with Crippen LogP contribution in [0.4, 0.5) is 5.69 Å². The van der Waals surface area contributed by atoms with Gasteiger partial charge in [0.2, 0.25) is 5.75 Å². The minimum absolute atomic E-state index is 0.0752. The molecule has 82 valence electrons. The second kappa shape index (κ2) is 4.58. The third kappa shape index (κ3) is 2.37. The van der Waals surface area contributed by atoms with Crippen molar-refractivity contribution in [2.75, 3.05) is 0 Å². The Bertz CT molecular complexity index is 529. The van der Waals surface area contributed by atoms with Gasteiger partial charge in [0.15, 0.2) is 0 Å². The molecule has 2 aromatic rings. The van der Waals surface area contributed by atoms with E-state index >= 15 is 0 Å². The fourth-order valence-corrected chi connectivity index (χ4v) is 2.17. The number of nitro benzene ring substituents is 1. The van der Waals surface area contributed by atoms with Crippen LogP contribution in [0.15, 0.2) is 34.2 Å². The Labute approximate surface area is 103 Å². The topological polar surface area (TPSA) is 65.3 Å². The van der Waals surface area contributed by atoms with Gasteiger partial charge in [-0.1, -0.05) is 23.5 Å². The third-order valence-corrected chi connectivity index (χ3v) is 3.14. The van der Waals surface area contributed by atoms with Gasteiger partial charge in [-0.3, -0.25) is 10.1 Å². The maximum absolute atomic E-state index is 10.7. The molecule has 0 amide bonds. The second-order valence-electron chi connectivity index (χ2n) is 2.76. The van der Waals surface area contributed by atoms with Gasteiger partial charge in [-0.05, 0) is 22.0 Å². The van der Waals surface area contributed by atoms with Crippen molar-refractivity contribution in [1.82, 2.24) is 4.98 Å². The number of nitro groups is 1. The van der Waals surface area contributed by atoms with Crippen LogP contribution in [0.25, 0.3) is 0 Å². The van der Waals surface area contributed by atoms with Gasteiger partial charge in [0, 0.05) is 11.4 Å². The molecule has 1 aromatic carbocycles. The molecule has 0 bridgehead atoms. The number of rotatable bonds is 3. The number of aromatic nitrogens is 1. The van der Waals surface area contributed by atoms with Crippen LogP contribution in [-0.4, -0.2) is 9.91 Å². The van der Waals surface area contributed by atoms with Crippen LogP contribution in [0.1, 0.15) is 0 Å². The zero-order valence-corrected chi connectivity index (χ0v) is 10.2. The first-order chi connectivity index (χ1) is 7.66. The number of halogens is 1. The molecule has 16 heavy (non-hydrogen) atoms. The Morgan fingerprint density at radius 2 is 2.19 bits per heavy atom. The molecule has 0 saturated carbocycles. The number of benzene rings is 1. The lowest BCUT2D eigenvalue weighted by Gasteiger charge is -2.01. The Balaban J connectivity index is 2.31. The number of para-hydroxylation sites is 2. The van der Waals surface area contributed by atoms with Crippen molar-refractivity contribution in [2.45, 2.75) is 0 Å². The minimum atomic E-state index is -0.488. The van der Waals surface area contributed by atoms with Crippen molar-refractivity contribution < 1.29 is 9.66 Å². The minimum Gasteiger partial charge on any atom is -0.423 e. The second-order valence-corrected chi connectivity index (χ2v) is 4.40. The lowest BCUT2D eigenvalue weighted by atomic mass is 10.3. The Morgan fingerprint density at radius 3 is 2.81 bits per heavy atom. The van der Waals surface area contributed by atoms with Crippen molar-refractivity contribution >= 4 is 33.0 Å². The van der Waals surface area contributed by atoms with Gasteiger partial charge < -0.3 is 4.74 Å². The highest BCUT2D eigenvalue weighted by molar-refractivity contribution is 9.10. The summed E-state index contributed by atoms with van der Waals surface area (Å²) in [5, 5.41) is 12.8. The van der Waals surface area contributed by atoms with Crippen molar-refractivity contribution in [3.05, 3.63) is 44.4 Å². The molecule has 1 heterocycles. The molecule has 0 N–H and O–H groups in total. The number of hydrogen-bond acceptors (Lipinski definition) is 5. The molecule has 0 aliphatic rings. The monoisotopic (exact) mass is 300 g/mol. The molecular formula is C9H5BrN2O3S. The molecule has 5 nitrogen and oxygen atoms in total. The molecule has 0 aliphatic heterocycles. The zero-order valence-electron chi connectivity index (χ0n) is 7.79. The van der Waals surface area contributed by atoms with E-state index in [2.05, 4.69) is 20.9 Å². The molecule has 0 unspecified atom stereocenters. The highest BCUT2D eigenvalue weighted by Gasteiger charge is 2.15. The summed E-state index contributed by atoms with van der Waals surface area (Å²) in [6.45, 7) is 0. The van der Waals surface area contributed by atoms with E-state index in [0.29, 0.717) is 9.80 Å². The van der Waals surface area contributed by atoms with E-state index in [1.165, 1.54) is 23.5 Å². The summed E-state index contributed by atoms with van der Waals surface area (Å²) in [5.41, 5.74) is -0.0752. The summed E-state index contributed by atoms with van der Waals surface area (Å²) in [4.78, 5) is 14.2. The van der Waals surface area contributed by atoms with Crippen LogP contribution in [0.2, 0.25) is 0 Å². The standard InChI is InChI=1S/C9H5BrN2O3S/c10-8-5-16-9(11-8)15-7-4-2-1-3-6(7)12(13)14/h1-5H. The fourth-order valence-electron chi connectivity index (χ4n) is 1.07. The van der Waals surface area contributed by atoms with E-state index in [9.17, 15) is 10.1 Å². The van der Waals surface area contributed by atoms with E-state index in [-0.39, 0.29) is 11.4 Å². The molecule has 0 atom stereocenters. The average molecular weight is 301 g/mol. The molecule has 1 aromatic heterocycles. The van der Waals surface area contributed by atoms with Crippen LogP contribution < -0.4 is 4.74 Å². The summed E-state index contributed by atoms with van der Waals surface area (Å²) < 4.78 is 5.97. The first kappa shape index (κ1) is 11.0. The van der Waals surface area contributed by atoms with Crippen LogP contribution in [0.3, 0.4) is 0 Å². The summed E-state index contributed by atoms with van der Waals surface area (Å²) in [7, 11) is 0. The first-order valence-electron chi connectivity index (χ1n) is 4.19. The highest BCUT2D eigenvalue weighted by atomic mass is 79.9. The Morgan fingerprint density at radius 1 is 1.44 bits per heavy atom. The Hall–Kier alpha value is -1.47. The van der Waals surface area contributed by atoms with Crippen LogP contribution in [0, 0.1) is 10.1 Å². The van der Waals surface area contributed by atoms with Crippen LogP contribution >= 0.6 is 27.3 Å². The predicted octanol–water partition coefficient (Wildman–Crippen LogP) is 3.61. The van der Waals surface area contributed by atoms with Crippen molar-refractivity contribution in [1.29, 1.82) is 0 Å². The maximum Gasteiger partial charge on any atom is 0.311 e. The maximum atomic E-state index is 10.7. The van der Waals surface area contributed by atoms with E-state index in [1.54, 1.807) is 17.5 Å². The van der Waals surface area contributed by atoms with E-state index in [0.717, 1.165) is 0 Å². The summed E-state index contributed by atoms with van der Waals surface area (Å²) in [5.74, 6) is 0.189. The summed E-state index contributed by atoms with van der Waals surface area (Å²) in [6, 6.07) is 6.18. The van der Waals surface area contributed by atoms with Gasteiger partial charge >= 0.3 is 5.69 Å². The molecular weight excluding hydrogens is 296 g/mol. The molecule has 0 fully saturated rings. The van der Waals surface area contributed by atoms with Gasteiger partial charge in [-0.25, -0.2) is 0 Å². The van der Waals surface area contributed by atoms with Gasteiger partial charge in [0.1, 0.15) is 4.60 Å². The van der Waals surface area contributed by atoms with Gasteiger partial charge in [-0.15, -0.1) is 0 Å². The molecule has 0 spiro atoms. The summed E-state index contributed by atoms with van der Waals surface area (Å²) >= 11 is 4.44. The predicted molar refractivity (Wildman–Crippen MR) is 63.0 cm³/mol. The number of nitrogens with zero attached hydrogens (tertiary/aromatic N) is 2. The smallest absolute Gasteiger partial charge is 0.311 e. The van der Waals surface area contributed by atoms with E-state index in [4.69, 9.17) is 4.74 Å². The van der Waals surface area contributed by atoms with Gasteiger partial charge in [-0.2, -0.15) is 4.98 Å². The van der Waals surface area contributed by atoms with E-state index in [1.807, 2.05) is 0 Å². The number of thiazole rings is 1. The quantitative estimate of drug-likeness (QED) is 0.641.